The van der Waals surface area contributed by atoms with Gasteiger partial charge in [0, 0.05) is 0 Å². The molecule has 0 amide bonds. The summed E-state index contributed by atoms with van der Waals surface area (Å²) in [5, 5.41) is 8.94. The monoisotopic (exact) mass is 200 g/mol. The van der Waals surface area contributed by atoms with Crippen molar-refractivity contribution in [3.05, 3.63) is 29.3 Å². The Kier molecular flexibility index (Phi) is 3.44. The molecule has 1 nitrogen and oxygen atoms in total. The molecule has 0 aromatic heterocycles. The predicted octanol–water partition coefficient (Wildman–Crippen LogP) is 3.57. The topological polar surface area (TPSA) is 20.2 Å². The summed E-state index contributed by atoms with van der Waals surface area (Å²) in [5.41, 5.74) is 0.352. The Morgan fingerprint density at radius 3 is 2.21 bits per heavy atom. The van der Waals surface area contributed by atoms with Gasteiger partial charge in [-0.25, -0.2) is 4.39 Å². The Morgan fingerprint density at radius 1 is 1.14 bits per heavy atom. The third-order valence-corrected chi connectivity index (χ3v) is 2.52. The second kappa shape index (κ2) is 4.40. The summed E-state index contributed by atoms with van der Waals surface area (Å²) in [5.74, 6) is -2.67. The first-order valence-electron chi connectivity index (χ1n) is 4.78. The molecule has 1 rings (SSSR count). The molecule has 0 spiro atoms. The van der Waals surface area contributed by atoms with Crippen LogP contribution in [0.5, 0.6) is 5.75 Å². The van der Waals surface area contributed by atoms with Crippen LogP contribution in [0.2, 0.25) is 0 Å². The summed E-state index contributed by atoms with van der Waals surface area (Å²) in [6.45, 7) is 3.86. The predicted molar refractivity (Wildman–Crippen MR) is 51.3 cm³/mol. The van der Waals surface area contributed by atoms with E-state index in [4.69, 9.17) is 5.11 Å². The molecule has 0 aliphatic carbocycles. The van der Waals surface area contributed by atoms with Gasteiger partial charge in [-0.3, -0.25) is 0 Å². The Morgan fingerprint density at radius 2 is 1.71 bits per heavy atom. The highest BCUT2D eigenvalue weighted by Crippen LogP contribution is 2.30. The van der Waals surface area contributed by atoms with Crippen molar-refractivity contribution < 1.29 is 13.9 Å². The molecular weight excluding hydrogens is 186 g/mol. The van der Waals surface area contributed by atoms with Gasteiger partial charge in [0.1, 0.15) is 0 Å². The summed E-state index contributed by atoms with van der Waals surface area (Å²) in [4.78, 5) is 0. The van der Waals surface area contributed by atoms with E-state index < -0.39 is 17.4 Å². The molecule has 0 aliphatic rings. The van der Waals surface area contributed by atoms with E-state index in [1.54, 1.807) is 0 Å². The van der Waals surface area contributed by atoms with Gasteiger partial charge < -0.3 is 5.11 Å². The fraction of sp³-hybridized carbons (Fsp3) is 0.455. The molecule has 0 saturated heterocycles. The molecule has 0 heterocycles. The van der Waals surface area contributed by atoms with Crippen LogP contribution in [0.25, 0.3) is 0 Å². The molecule has 1 aromatic carbocycles. The van der Waals surface area contributed by atoms with Crippen LogP contribution >= 0.6 is 0 Å². The van der Waals surface area contributed by atoms with Crippen LogP contribution in [0.4, 0.5) is 8.78 Å². The summed E-state index contributed by atoms with van der Waals surface area (Å²) >= 11 is 0. The Hall–Kier alpha value is -1.12. The van der Waals surface area contributed by atoms with E-state index in [2.05, 4.69) is 0 Å². The maximum atomic E-state index is 13.4. The lowest BCUT2D eigenvalue weighted by Gasteiger charge is -2.14. The molecule has 0 fully saturated rings. The lowest BCUT2D eigenvalue weighted by atomic mass is 9.93. The number of hydrogen-bond acceptors (Lipinski definition) is 1. The van der Waals surface area contributed by atoms with Gasteiger partial charge in [-0.1, -0.05) is 19.9 Å². The number of rotatable bonds is 3. The van der Waals surface area contributed by atoms with Crippen LogP contribution in [0, 0.1) is 11.6 Å². The van der Waals surface area contributed by atoms with Gasteiger partial charge in [-0.2, -0.15) is 4.39 Å². The number of aromatic hydroxyl groups is 1. The van der Waals surface area contributed by atoms with E-state index in [1.165, 1.54) is 12.1 Å². The molecule has 14 heavy (non-hydrogen) atoms. The van der Waals surface area contributed by atoms with Crippen molar-refractivity contribution in [2.75, 3.05) is 0 Å². The second-order valence-corrected chi connectivity index (χ2v) is 3.32. The Bertz CT molecular complexity index is 319. The summed E-state index contributed by atoms with van der Waals surface area (Å²) in [6.07, 6.45) is 1.52. The van der Waals surface area contributed by atoms with Crippen molar-refractivity contribution in [3.63, 3.8) is 0 Å². The smallest absolute Gasteiger partial charge is 0.200 e. The van der Waals surface area contributed by atoms with Gasteiger partial charge in [0.05, 0.1) is 0 Å². The number of halogens is 2. The fourth-order valence-electron chi connectivity index (χ4n) is 1.60. The molecule has 0 bridgehead atoms. The van der Waals surface area contributed by atoms with Crippen LogP contribution in [-0.4, -0.2) is 5.11 Å². The number of phenols is 1. The van der Waals surface area contributed by atoms with Crippen LogP contribution in [0.15, 0.2) is 12.1 Å². The third-order valence-electron chi connectivity index (χ3n) is 2.52. The highest BCUT2D eigenvalue weighted by Gasteiger charge is 2.17. The molecule has 0 radical (unpaired) electrons. The SMILES string of the molecule is CCC(CC)c1ccc(O)c(F)c1F. The van der Waals surface area contributed by atoms with Gasteiger partial charge in [0.25, 0.3) is 0 Å². The van der Waals surface area contributed by atoms with Gasteiger partial charge in [-0.15, -0.1) is 0 Å². The van der Waals surface area contributed by atoms with Crippen molar-refractivity contribution >= 4 is 0 Å². The van der Waals surface area contributed by atoms with Crippen LogP contribution in [-0.2, 0) is 0 Å². The summed E-state index contributed by atoms with van der Waals surface area (Å²) in [7, 11) is 0. The highest BCUT2D eigenvalue weighted by atomic mass is 19.2. The minimum Gasteiger partial charge on any atom is -0.505 e. The molecule has 0 aliphatic heterocycles. The zero-order valence-corrected chi connectivity index (χ0v) is 8.35. The molecule has 1 aromatic rings. The standard InChI is InChI=1S/C11H14F2O/c1-3-7(4-2)8-5-6-9(14)11(13)10(8)12/h5-7,14H,3-4H2,1-2H3. The lowest BCUT2D eigenvalue weighted by Crippen LogP contribution is -2.01. The average Bonchev–Trinajstić information content (AvgIpc) is 2.19. The van der Waals surface area contributed by atoms with E-state index in [-0.39, 0.29) is 5.92 Å². The maximum absolute atomic E-state index is 13.4. The number of hydrogen-bond donors (Lipinski definition) is 1. The average molecular weight is 200 g/mol. The summed E-state index contributed by atoms with van der Waals surface area (Å²) in [6, 6.07) is 2.65. The van der Waals surface area contributed by atoms with E-state index in [0.717, 1.165) is 12.8 Å². The zero-order valence-electron chi connectivity index (χ0n) is 8.35. The van der Waals surface area contributed by atoms with Gasteiger partial charge in [-0.05, 0) is 30.4 Å². The van der Waals surface area contributed by atoms with Crippen LogP contribution in [0.1, 0.15) is 38.2 Å². The van der Waals surface area contributed by atoms with E-state index in [9.17, 15) is 8.78 Å². The highest BCUT2D eigenvalue weighted by molar-refractivity contribution is 5.31. The zero-order chi connectivity index (χ0) is 10.7. The quantitative estimate of drug-likeness (QED) is 0.790. The normalized spacial score (nSPS) is 10.9. The van der Waals surface area contributed by atoms with Crippen molar-refractivity contribution in [1.82, 2.24) is 0 Å². The van der Waals surface area contributed by atoms with Crippen molar-refractivity contribution in [1.29, 1.82) is 0 Å². The van der Waals surface area contributed by atoms with Gasteiger partial charge >= 0.3 is 0 Å². The van der Waals surface area contributed by atoms with Crippen molar-refractivity contribution in [2.24, 2.45) is 0 Å². The molecule has 0 unspecified atom stereocenters. The minimum atomic E-state index is -1.14. The Balaban J connectivity index is 3.16. The number of phenolic OH excluding ortho intramolecular Hbond substituents is 1. The molecule has 1 N–H and O–H groups in total. The third kappa shape index (κ3) is 1.86. The number of benzene rings is 1. The molecular formula is C11H14F2O. The molecule has 3 heteroatoms. The molecule has 78 valence electrons. The molecule has 0 atom stereocenters. The van der Waals surface area contributed by atoms with Crippen LogP contribution < -0.4 is 0 Å². The van der Waals surface area contributed by atoms with E-state index in [1.807, 2.05) is 13.8 Å². The minimum absolute atomic E-state index is 0.0186. The van der Waals surface area contributed by atoms with Gasteiger partial charge in [0.15, 0.2) is 11.6 Å². The van der Waals surface area contributed by atoms with Crippen molar-refractivity contribution in [3.8, 4) is 5.75 Å². The summed E-state index contributed by atoms with van der Waals surface area (Å²) < 4.78 is 26.4. The van der Waals surface area contributed by atoms with E-state index in [0.29, 0.717) is 5.56 Å². The first-order valence-corrected chi connectivity index (χ1v) is 4.78. The maximum Gasteiger partial charge on any atom is 0.200 e. The fourth-order valence-corrected chi connectivity index (χ4v) is 1.60. The first-order chi connectivity index (χ1) is 6.61. The lowest BCUT2D eigenvalue weighted by molar-refractivity contribution is 0.400. The second-order valence-electron chi connectivity index (χ2n) is 3.32. The first kappa shape index (κ1) is 11.0. The Labute approximate surface area is 82.4 Å². The van der Waals surface area contributed by atoms with Crippen molar-refractivity contribution in [2.45, 2.75) is 32.6 Å². The van der Waals surface area contributed by atoms with Crippen LogP contribution in [0.3, 0.4) is 0 Å². The van der Waals surface area contributed by atoms with E-state index >= 15 is 0 Å². The molecule has 0 saturated carbocycles. The largest absolute Gasteiger partial charge is 0.505 e. The van der Waals surface area contributed by atoms with Gasteiger partial charge in [0.2, 0.25) is 5.82 Å².